The first-order valence-corrected chi connectivity index (χ1v) is 13.7. The molecule has 0 spiro atoms. The minimum absolute atomic E-state index is 0.193. The van der Waals surface area contributed by atoms with Gasteiger partial charge in [0.25, 0.3) is 0 Å². The molecule has 184 valence electrons. The zero-order valence-corrected chi connectivity index (χ0v) is 21.3. The van der Waals surface area contributed by atoms with E-state index in [1.807, 2.05) is 13.8 Å². The average molecular weight is 438 g/mol. The molecule has 3 nitrogen and oxygen atoms in total. The highest BCUT2D eigenvalue weighted by atomic mass is 16.5. The summed E-state index contributed by atoms with van der Waals surface area (Å²) in [6, 6.07) is -0.467. The van der Waals surface area contributed by atoms with E-state index < -0.39 is 6.04 Å². The Morgan fingerprint density at radius 2 is 1.13 bits per heavy atom. The molecule has 0 fully saturated rings. The standard InChI is InChI=1S/C28H55NO2/c1-4-6-7-8-9-10-11-12-13-14-15-16-17-18-19-20-21-22-23-24-25-31-28(30)27(29)26(3)5-2/h12-13,26-27H,4-11,14-25,29H2,1-3H3/b13-12+/t26-,27-/m0/s1. The number of allylic oxidation sites excluding steroid dienone is 2. The second-order valence-corrected chi connectivity index (χ2v) is 9.43. The van der Waals surface area contributed by atoms with Crippen molar-refractivity contribution in [3.63, 3.8) is 0 Å². The van der Waals surface area contributed by atoms with E-state index in [2.05, 4.69) is 19.1 Å². The summed E-state index contributed by atoms with van der Waals surface area (Å²) in [6.07, 6.45) is 29.5. The molecule has 31 heavy (non-hydrogen) atoms. The van der Waals surface area contributed by atoms with Crippen molar-refractivity contribution in [1.82, 2.24) is 0 Å². The fraction of sp³-hybridized carbons (Fsp3) is 0.893. The molecule has 0 saturated heterocycles. The predicted octanol–water partition coefficient (Wildman–Crippen LogP) is 8.50. The molecule has 0 aliphatic heterocycles. The monoisotopic (exact) mass is 437 g/mol. The average Bonchev–Trinajstić information content (AvgIpc) is 2.78. The van der Waals surface area contributed by atoms with E-state index in [1.54, 1.807) is 0 Å². The number of carbonyl (C=O) groups excluding carboxylic acids is 1. The quantitative estimate of drug-likeness (QED) is 0.0990. The van der Waals surface area contributed by atoms with E-state index in [1.165, 1.54) is 103 Å². The highest BCUT2D eigenvalue weighted by Crippen LogP contribution is 2.13. The first kappa shape index (κ1) is 30.2. The van der Waals surface area contributed by atoms with Gasteiger partial charge in [0, 0.05) is 0 Å². The Labute approximate surface area is 195 Å². The summed E-state index contributed by atoms with van der Waals surface area (Å²) in [5.74, 6) is -0.0403. The summed E-state index contributed by atoms with van der Waals surface area (Å²) in [5.41, 5.74) is 5.88. The number of carbonyl (C=O) groups is 1. The Morgan fingerprint density at radius 1 is 0.710 bits per heavy atom. The third-order valence-electron chi connectivity index (χ3n) is 6.43. The van der Waals surface area contributed by atoms with Crippen LogP contribution in [-0.2, 0) is 9.53 Å². The van der Waals surface area contributed by atoms with Crippen LogP contribution in [0.2, 0.25) is 0 Å². The summed E-state index contributed by atoms with van der Waals surface area (Å²) in [4.78, 5) is 11.8. The van der Waals surface area contributed by atoms with Crippen molar-refractivity contribution in [2.45, 2.75) is 149 Å². The van der Waals surface area contributed by atoms with E-state index in [0.29, 0.717) is 6.61 Å². The summed E-state index contributed by atoms with van der Waals surface area (Å²) < 4.78 is 5.30. The molecule has 0 amide bonds. The Kier molecular flexibility index (Phi) is 23.2. The van der Waals surface area contributed by atoms with Crippen LogP contribution in [-0.4, -0.2) is 18.6 Å². The largest absolute Gasteiger partial charge is 0.465 e. The van der Waals surface area contributed by atoms with Crippen molar-refractivity contribution in [2.24, 2.45) is 11.7 Å². The lowest BCUT2D eigenvalue weighted by Gasteiger charge is -2.16. The summed E-state index contributed by atoms with van der Waals surface area (Å²) >= 11 is 0. The molecular weight excluding hydrogens is 382 g/mol. The first-order chi connectivity index (χ1) is 15.1. The van der Waals surface area contributed by atoms with Gasteiger partial charge in [0.2, 0.25) is 0 Å². The SMILES string of the molecule is CCCCCCCC/C=C/CCCCCCCCCCCCOC(=O)[C@@H](N)[C@@H](C)CC. The van der Waals surface area contributed by atoms with Crippen LogP contribution in [0.3, 0.4) is 0 Å². The van der Waals surface area contributed by atoms with Crippen LogP contribution in [0, 0.1) is 5.92 Å². The Morgan fingerprint density at radius 3 is 1.58 bits per heavy atom. The van der Waals surface area contributed by atoms with Gasteiger partial charge in [-0.2, -0.15) is 0 Å². The number of rotatable bonds is 23. The van der Waals surface area contributed by atoms with Crippen LogP contribution in [0.15, 0.2) is 12.2 Å². The molecule has 0 aromatic carbocycles. The van der Waals surface area contributed by atoms with Crippen LogP contribution in [0.5, 0.6) is 0 Å². The van der Waals surface area contributed by atoms with Crippen molar-refractivity contribution in [3.8, 4) is 0 Å². The Bertz CT molecular complexity index is 408. The molecule has 3 heteroatoms. The van der Waals surface area contributed by atoms with Crippen LogP contribution in [0.4, 0.5) is 0 Å². The van der Waals surface area contributed by atoms with Crippen molar-refractivity contribution < 1.29 is 9.53 Å². The summed E-state index contributed by atoms with van der Waals surface area (Å²) in [7, 11) is 0. The molecule has 0 aliphatic carbocycles. The Balaban J connectivity index is 3.23. The second-order valence-electron chi connectivity index (χ2n) is 9.43. The number of hydrogen-bond acceptors (Lipinski definition) is 3. The molecule has 2 N–H and O–H groups in total. The molecule has 0 radical (unpaired) electrons. The summed E-state index contributed by atoms with van der Waals surface area (Å²) in [6.45, 7) is 6.85. The maximum Gasteiger partial charge on any atom is 0.323 e. The van der Waals surface area contributed by atoms with Crippen molar-refractivity contribution in [1.29, 1.82) is 0 Å². The fourth-order valence-corrected chi connectivity index (χ4v) is 3.81. The van der Waals surface area contributed by atoms with E-state index >= 15 is 0 Å². The van der Waals surface area contributed by atoms with E-state index in [4.69, 9.17) is 10.5 Å². The molecular formula is C28H55NO2. The van der Waals surface area contributed by atoms with Gasteiger partial charge in [0.05, 0.1) is 6.61 Å². The van der Waals surface area contributed by atoms with Crippen LogP contribution in [0.25, 0.3) is 0 Å². The van der Waals surface area contributed by atoms with Gasteiger partial charge in [0.1, 0.15) is 6.04 Å². The van der Waals surface area contributed by atoms with Gasteiger partial charge in [-0.1, -0.05) is 123 Å². The highest BCUT2D eigenvalue weighted by molar-refractivity contribution is 5.75. The molecule has 2 atom stereocenters. The van der Waals surface area contributed by atoms with E-state index in [9.17, 15) is 4.79 Å². The third kappa shape index (κ3) is 20.8. The van der Waals surface area contributed by atoms with Crippen LogP contribution in [0.1, 0.15) is 143 Å². The molecule has 0 rings (SSSR count). The van der Waals surface area contributed by atoms with Gasteiger partial charge in [-0.15, -0.1) is 0 Å². The van der Waals surface area contributed by atoms with Gasteiger partial charge in [0.15, 0.2) is 0 Å². The molecule has 0 aromatic rings. The Hall–Kier alpha value is -0.830. The fourth-order valence-electron chi connectivity index (χ4n) is 3.81. The summed E-state index contributed by atoms with van der Waals surface area (Å²) in [5, 5.41) is 0. The molecule has 0 saturated carbocycles. The second kappa shape index (κ2) is 23.8. The maximum absolute atomic E-state index is 11.8. The smallest absolute Gasteiger partial charge is 0.323 e. The zero-order valence-electron chi connectivity index (χ0n) is 21.3. The normalized spacial score (nSPS) is 13.5. The van der Waals surface area contributed by atoms with E-state index in [0.717, 1.165) is 19.3 Å². The number of esters is 1. The zero-order chi connectivity index (χ0) is 23.0. The first-order valence-electron chi connectivity index (χ1n) is 13.7. The maximum atomic E-state index is 11.8. The minimum atomic E-state index is -0.467. The molecule has 0 bridgehead atoms. The van der Waals surface area contributed by atoms with Gasteiger partial charge in [-0.25, -0.2) is 0 Å². The predicted molar refractivity (Wildman–Crippen MR) is 136 cm³/mol. The van der Waals surface area contributed by atoms with Crippen LogP contribution >= 0.6 is 0 Å². The van der Waals surface area contributed by atoms with Gasteiger partial charge in [-0.05, 0) is 38.0 Å². The van der Waals surface area contributed by atoms with Gasteiger partial charge < -0.3 is 10.5 Å². The highest BCUT2D eigenvalue weighted by Gasteiger charge is 2.20. The third-order valence-corrected chi connectivity index (χ3v) is 6.43. The minimum Gasteiger partial charge on any atom is -0.465 e. The van der Waals surface area contributed by atoms with Crippen LogP contribution < -0.4 is 5.73 Å². The molecule has 0 aliphatic rings. The topological polar surface area (TPSA) is 52.3 Å². The molecule has 0 heterocycles. The lowest BCUT2D eigenvalue weighted by molar-refractivity contribution is -0.146. The lowest BCUT2D eigenvalue weighted by atomic mass is 10.0. The van der Waals surface area contributed by atoms with Crippen molar-refractivity contribution >= 4 is 5.97 Å². The number of ether oxygens (including phenoxy) is 1. The number of unbranched alkanes of at least 4 members (excludes halogenated alkanes) is 16. The number of nitrogens with two attached hydrogens (primary N) is 1. The van der Waals surface area contributed by atoms with Crippen molar-refractivity contribution in [2.75, 3.05) is 6.61 Å². The van der Waals surface area contributed by atoms with Gasteiger partial charge >= 0.3 is 5.97 Å². The van der Waals surface area contributed by atoms with Crippen molar-refractivity contribution in [3.05, 3.63) is 12.2 Å². The number of hydrogen-bond donors (Lipinski definition) is 1. The van der Waals surface area contributed by atoms with Gasteiger partial charge in [-0.3, -0.25) is 4.79 Å². The van der Waals surface area contributed by atoms with E-state index in [-0.39, 0.29) is 11.9 Å². The molecule has 0 unspecified atom stereocenters. The lowest BCUT2D eigenvalue weighted by Crippen LogP contribution is -2.38. The molecule has 0 aromatic heterocycles.